The van der Waals surface area contributed by atoms with Gasteiger partial charge in [0.05, 0.1) is 4.90 Å². The lowest BCUT2D eigenvalue weighted by Crippen LogP contribution is -2.16. The zero-order chi connectivity index (χ0) is 14.8. The number of nitrogens with zero attached hydrogens (tertiary/aromatic N) is 2. The van der Waals surface area contributed by atoms with Gasteiger partial charge < -0.3 is 5.32 Å². The molecule has 0 radical (unpaired) electrons. The minimum absolute atomic E-state index is 0.263. The van der Waals surface area contributed by atoms with Gasteiger partial charge in [0.2, 0.25) is 5.13 Å². The molecule has 108 valence electrons. The van der Waals surface area contributed by atoms with Crippen LogP contribution in [0.5, 0.6) is 0 Å². The molecule has 2 rings (SSSR count). The minimum Gasteiger partial charge on any atom is -0.385 e. The highest BCUT2D eigenvalue weighted by Gasteiger charge is 2.21. The molecular weight excluding hydrogens is 296 g/mol. The van der Waals surface area contributed by atoms with Crippen LogP contribution in [0, 0.1) is 13.8 Å². The molecule has 0 saturated carbocycles. The predicted molar refractivity (Wildman–Crippen MR) is 80.8 cm³/mol. The third kappa shape index (κ3) is 3.07. The van der Waals surface area contributed by atoms with Gasteiger partial charge in [0, 0.05) is 12.2 Å². The molecule has 0 unspecified atom stereocenters. The molecule has 0 aliphatic heterocycles. The SMILES string of the molecule is CCNc1cc(C)c(S(=O)(=O)Nc2nncs2)c(C)c1. The number of hydrogen-bond acceptors (Lipinski definition) is 6. The first-order valence-corrected chi connectivity index (χ1v) is 8.44. The Balaban J connectivity index is 2.41. The van der Waals surface area contributed by atoms with Crippen LogP contribution in [0.4, 0.5) is 10.8 Å². The number of rotatable bonds is 5. The van der Waals surface area contributed by atoms with Crippen LogP contribution in [0.15, 0.2) is 22.5 Å². The summed E-state index contributed by atoms with van der Waals surface area (Å²) in [7, 11) is -3.65. The van der Waals surface area contributed by atoms with Crippen LogP contribution < -0.4 is 10.0 Å². The van der Waals surface area contributed by atoms with E-state index in [2.05, 4.69) is 20.2 Å². The molecular formula is C12H16N4O2S2. The normalized spacial score (nSPS) is 11.3. The maximum atomic E-state index is 12.4. The summed E-state index contributed by atoms with van der Waals surface area (Å²) in [5.41, 5.74) is 3.78. The summed E-state index contributed by atoms with van der Waals surface area (Å²) >= 11 is 1.14. The Morgan fingerprint density at radius 3 is 2.40 bits per heavy atom. The lowest BCUT2D eigenvalue weighted by Gasteiger charge is -2.13. The van der Waals surface area contributed by atoms with Gasteiger partial charge in [-0.25, -0.2) is 8.42 Å². The third-order valence-electron chi connectivity index (χ3n) is 2.69. The molecule has 0 saturated heterocycles. The molecule has 1 aromatic heterocycles. The lowest BCUT2D eigenvalue weighted by molar-refractivity contribution is 0.600. The van der Waals surface area contributed by atoms with E-state index in [1.807, 2.05) is 19.1 Å². The monoisotopic (exact) mass is 312 g/mol. The second-order valence-electron chi connectivity index (χ2n) is 4.32. The van der Waals surface area contributed by atoms with Crippen molar-refractivity contribution in [3.63, 3.8) is 0 Å². The molecule has 0 spiro atoms. The van der Waals surface area contributed by atoms with Gasteiger partial charge in [0.1, 0.15) is 5.51 Å². The molecule has 2 N–H and O–H groups in total. The fraction of sp³-hybridized carbons (Fsp3) is 0.333. The van der Waals surface area contributed by atoms with Gasteiger partial charge in [-0.1, -0.05) is 11.3 Å². The molecule has 8 heteroatoms. The summed E-state index contributed by atoms with van der Waals surface area (Å²) in [6.07, 6.45) is 0. The maximum absolute atomic E-state index is 12.4. The van der Waals surface area contributed by atoms with E-state index >= 15 is 0 Å². The van der Waals surface area contributed by atoms with Crippen molar-refractivity contribution in [2.45, 2.75) is 25.7 Å². The first-order valence-electron chi connectivity index (χ1n) is 6.08. The Morgan fingerprint density at radius 2 is 1.90 bits per heavy atom. The van der Waals surface area contributed by atoms with Crippen molar-refractivity contribution in [2.75, 3.05) is 16.6 Å². The topological polar surface area (TPSA) is 84.0 Å². The number of aromatic nitrogens is 2. The second kappa shape index (κ2) is 5.76. The van der Waals surface area contributed by atoms with Crippen molar-refractivity contribution >= 4 is 32.2 Å². The smallest absolute Gasteiger partial charge is 0.264 e. The molecule has 1 aromatic carbocycles. The Kier molecular flexibility index (Phi) is 4.24. The zero-order valence-electron chi connectivity index (χ0n) is 11.5. The van der Waals surface area contributed by atoms with E-state index in [1.54, 1.807) is 13.8 Å². The van der Waals surface area contributed by atoms with Crippen molar-refractivity contribution in [2.24, 2.45) is 0 Å². The van der Waals surface area contributed by atoms with Crippen LogP contribution in [0.2, 0.25) is 0 Å². The highest BCUT2D eigenvalue weighted by molar-refractivity contribution is 7.93. The van der Waals surface area contributed by atoms with Crippen molar-refractivity contribution in [1.29, 1.82) is 0 Å². The summed E-state index contributed by atoms with van der Waals surface area (Å²) in [4.78, 5) is 0.286. The number of benzene rings is 1. The van der Waals surface area contributed by atoms with Gasteiger partial charge in [0.15, 0.2) is 0 Å². The van der Waals surface area contributed by atoms with Crippen LogP contribution in [0.25, 0.3) is 0 Å². The van der Waals surface area contributed by atoms with Crippen LogP contribution in [0.1, 0.15) is 18.1 Å². The summed E-state index contributed by atoms with van der Waals surface area (Å²) in [6, 6.07) is 3.65. The van der Waals surface area contributed by atoms with Crippen LogP contribution in [-0.4, -0.2) is 25.2 Å². The van der Waals surface area contributed by atoms with E-state index < -0.39 is 10.0 Å². The highest BCUT2D eigenvalue weighted by atomic mass is 32.2. The molecule has 6 nitrogen and oxygen atoms in total. The molecule has 0 fully saturated rings. The maximum Gasteiger partial charge on any atom is 0.264 e. The summed E-state index contributed by atoms with van der Waals surface area (Å²) in [6.45, 7) is 6.34. The van der Waals surface area contributed by atoms with E-state index in [0.717, 1.165) is 23.6 Å². The quantitative estimate of drug-likeness (QED) is 0.885. The fourth-order valence-corrected chi connectivity index (χ4v) is 4.21. The number of aryl methyl sites for hydroxylation is 2. The third-order valence-corrected chi connectivity index (χ3v) is 5.07. The van der Waals surface area contributed by atoms with Crippen LogP contribution in [0.3, 0.4) is 0 Å². The van der Waals surface area contributed by atoms with E-state index in [0.29, 0.717) is 11.1 Å². The molecule has 0 amide bonds. The Hall–Kier alpha value is -1.67. The molecule has 0 bridgehead atoms. The summed E-state index contributed by atoms with van der Waals surface area (Å²) < 4.78 is 27.3. The van der Waals surface area contributed by atoms with E-state index in [4.69, 9.17) is 0 Å². The highest BCUT2D eigenvalue weighted by Crippen LogP contribution is 2.26. The van der Waals surface area contributed by atoms with Gasteiger partial charge in [-0.2, -0.15) is 0 Å². The number of sulfonamides is 1. The molecule has 0 aliphatic carbocycles. The average Bonchev–Trinajstić information content (AvgIpc) is 2.79. The molecule has 1 heterocycles. The van der Waals surface area contributed by atoms with Gasteiger partial charge >= 0.3 is 0 Å². The molecule has 0 aliphatic rings. The van der Waals surface area contributed by atoms with Gasteiger partial charge in [-0.3, -0.25) is 4.72 Å². The first kappa shape index (κ1) is 14.7. The minimum atomic E-state index is -3.65. The Morgan fingerprint density at radius 1 is 1.25 bits per heavy atom. The standard InChI is InChI=1S/C12H16N4O2S2/c1-4-13-10-5-8(2)11(9(3)6-10)20(17,18)16-12-15-14-7-19-12/h5-7,13H,4H2,1-3H3,(H,15,16). The average molecular weight is 312 g/mol. The van der Waals surface area contributed by atoms with Crippen LogP contribution in [-0.2, 0) is 10.0 Å². The first-order chi connectivity index (χ1) is 9.44. The Bertz CT molecular complexity index is 673. The molecule has 2 aromatic rings. The summed E-state index contributed by atoms with van der Waals surface area (Å²) in [5.74, 6) is 0. The zero-order valence-corrected chi connectivity index (χ0v) is 13.1. The van der Waals surface area contributed by atoms with E-state index in [1.165, 1.54) is 5.51 Å². The van der Waals surface area contributed by atoms with Crippen molar-refractivity contribution in [3.8, 4) is 0 Å². The molecule has 0 atom stereocenters. The van der Waals surface area contributed by atoms with E-state index in [-0.39, 0.29) is 10.0 Å². The largest absolute Gasteiger partial charge is 0.385 e. The van der Waals surface area contributed by atoms with Gasteiger partial charge in [-0.05, 0) is 44.0 Å². The fourth-order valence-electron chi connectivity index (χ4n) is 2.06. The van der Waals surface area contributed by atoms with Crippen molar-refractivity contribution in [3.05, 3.63) is 28.8 Å². The van der Waals surface area contributed by atoms with Crippen molar-refractivity contribution in [1.82, 2.24) is 10.2 Å². The molecule has 20 heavy (non-hydrogen) atoms. The number of anilines is 2. The summed E-state index contributed by atoms with van der Waals surface area (Å²) in [5, 5.41) is 10.8. The van der Waals surface area contributed by atoms with Gasteiger partial charge in [0.25, 0.3) is 10.0 Å². The van der Waals surface area contributed by atoms with E-state index in [9.17, 15) is 8.42 Å². The van der Waals surface area contributed by atoms with Crippen LogP contribution >= 0.6 is 11.3 Å². The Labute approximate surface area is 122 Å². The van der Waals surface area contributed by atoms with Gasteiger partial charge in [-0.15, -0.1) is 10.2 Å². The lowest BCUT2D eigenvalue weighted by atomic mass is 10.1. The number of hydrogen-bond donors (Lipinski definition) is 2. The second-order valence-corrected chi connectivity index (χ2v) is 6.77. The number of nitrogens with one attached hydrogen (secondary N) is 2. The van der Waals surface area contributed by atoms with Crippen molar-refractivity contribution < 1.29 is 8.42 Å². The predicted octanol–water partition coefficient (Wildman–Crippen LogP) is 2.39.